The normalized spacial score (nSPS) is 11.4. The van der Waals surface area contributed by atoms with Crippen LogP contribution in [0.1, 0.15) is 0 Å². The summed E-state index contributed by atoms with van der Waals surface area (Å²) in [4.78, 5) is 0. The highest BCUT2D eigenvalue weighted by atomic mass is 35.5. The van der Waals surface area contributed by atoms with Gasteiger partial charge in [-0.2, -0.15) is 0 Å². The minimum Gasteiger partial charge on any atom is -0.384 e. The van der Waals surface area contributed by atoms with Gasteiger partial charge in [-0.1, -0.05) is 23.2 Å². The maximum atomic E-state index is 10.9. The Hall–Kier alpha value is -0.450. The van der Waals surface area contributed by atoms with Gasteiger partial charge in [0.1, 0.15) is 9.84 Å². The average molecular weight is 268 g/mol. The fourth-order valence-electron chi connectivity index (χ4n) is 1.04. The maximum absolute atomic E-state index is 10.9. The van der Waals surface area contributed by atoms with Crippen LogP contribution in [0.15, 0.2) is 18.2 Å². The molecule has 0 fully saturated rings. The van der Waals surface area contributed by atoms with E-state index >= 15 is 0 Å². The van der Waals surface area contributed by atoms with E-state index in [-0.39, 0.29) is 5.75 Å². The maximum Gasteiger partial charge on any atom is 0.149 e. The largest absolute Gasteiger partial charge is 0.384 e. The molecule has 0 aliphatic rings. The van der Waals surface area contributed by atoms with E-state index in [0.29, 0.717) is 16.6 Å². The first-order chi connectivity index (χ1) is 6.87. The predicted octanol–water partition coefficient (Wildman–Crippen LogP) is 2.45. The van der Waals surface area contributed by atoms with Crippen molar-refractivity contribution < 1.29 is 8.42 Å². The van der Waals surface area contributed by atoms with Crippen molar-refractivity contribution in [2.75, 3.05) is 23.9 Å². The third-order valence-electron chi connectivity index (χ3n) is 1.66. The molecule has 0 unspecified atom stereocenters. The van der Waals surface area contributed by atoms with Crippen molar-refractivity contribution in [1.82, 2.24) is 0 Å². The minimum absolute atomic E-state index is 0.0805. The van der Waals surface area contributed by atoms with Crippen LogP contribution < -0.4 is 5.32 Å². The summed E-state index contributed by atoms with van der Waals surface area (Å²) in [5.74, 6) is 0.0805. The van der Waals surface area contributed by atoms with Crippen molar-refractivity contribution in [2.24, 2.45) is 0 Å². The molecule has 0 aliphatic heterocycles. The Morgan fingerprint density at radius 3 is 2.20 bits per heavy atom. The number of hydrogen-bond acceptors (Lipinski definition) is 3. The summed E-state index contributed by atoms with van der Waals surface area (Å²) in [5.41, 5.74) is 0.719. The van der Waals surface area contributed by atoms with Gasteiger partial charge in [-0.3, -0.25) is 0 Å². The lowest BCUT2D eigenvalue weighted by molar-refractivity contribution is 0.602. The Morgan fingerprint density at radius 2 is 1.73 bits per heavy atom. The number of sulfone groups is 1. The molecule has 1 rings (SSSR count). The second-order valence-corrected chi connectivity index (χ2v) is 6.35. The SMILES string of the molecule is CS(=O)(=O)CCNc1cc(Cl)cc(Cl)c1. The third-order valence-corrected chi connectivity index (χ3v) is 3.05. The van der Waals surface area contributed by atoms with Gasteiger partial charge in [-0.05, 0) is 18.2 Å². The summed E-state index contributed by atoms with van der Waals surface area (Å²) in [5, 5.41) is 3.97. The third kappa shape index (κ3) is 5.25. The van der Waals surface area contributed by atoms with Crippen LogP contribution in [-0.2, 0) is 9.84 Å². The molecule has 15 heavy (non-hydrogen) atoms. The molecule has 0 spiro atoms. The zero-order chi connectivity index (χ0) is 11.5. The van der Waals surface area contributed by atoms with Gasteiger partial charge in [-0.15, -0.1) is 0 Å². The summed E-state index contributed by atoms with van der Waals surface area (Å²) in [6.45, 7) is 0.343. The van der Waals surface area contributed by atoms with Gasteiger partial charge in [0, 0.05) is 28.5 Å². The van der Waals surface area contributed by atoms with Crippen molar-refractivity contribution in [3.05, 3.63) is 28.2 Å². The molecule has 0 bridgehead atoms. The number of halogens is 2. The molecule has 0 saturated carbocycles. The average Bonchev–Trinajstić information content (AvgIpc) is 1.99. The lowest BCUT2D eigenvalue weighted by Gasteiger charge is -2.06. The lowest BCUT2D eigenvalue weighted by atomic mass is 10.3. The van der Waals surface area contributed by atoms with E-state index in [4.69, 9.17) is 23.2 Å². The molecule has 3 nitrogen and oxygen atoms in total. The Bertz CT molecular complexity index is 425. The van der Waals surface area contributed by atoms with Gasteiger partial charge >= 0.3 is 0 Å². The molecule has 0 radical (unpaired) electrons. The van der Waals surface area contributed by atoms with E-state index in [9.17, 15) is 8.42 Å². The molecule has 1 N–H and O–H groups in total. The van der Waals surface area contributed by atoms with Gasteiger partial charge < -0.3 is 5.32 Å². The second kappa shape index (κ2) is 5.05. The topological polar surface area (TPSA) is 46.2 Å². The van der Waals surface area contributed by atoms with Gasteiger partial charge in [-0.25, -0.2) is 8.42 Å². The van der Waals surface area contributed by atoms with Crippen LogP contribution in [0.2, 0.25) is 10.0 Å². The smallest absolute Gasteiger partial charge is 0.149 e. The molecule has 0 aliphatic carbocycles. The number of hydrogen-bond donors (Lipinski definition) is 1. The van der Waals surface area contributed by atoms with Gasteiger partial charge in [0.25, 0.3) is 0 Å². The second-order valence-electron chi connectivity index (χ2n) is 3.21. The van der Waals surface area contributed by atoms with Crippen LogP contribution in [0, 0.1) is 0 Å². The van der Waals surface area contributed by atoms with Crippen LogP contribution in [-0.4, -0.2) is 27.0 Å². The predicted molar refractivity (Wildman–Crippen MR) is 64.7 cm³/mol. The summed E-state index contributed by atoms with van der Waals surface area (Å²) < 4.78 is 21.7. The van der Waals surface area contributed by atoms with Gasteiger partial charge in [0.15, 0.2) is 0 Å². The zero-order valence-corrected chi connectivity index (χ0v) is 10.5. The van der Waals surface area contributed by atoms with E-state index in [2.05, 4.69) is 5.32 Å². The summed E-state index contributed by atoms with van der Waals surface area (Å²) in [6, 6.07) is 5.00. The molecule has 6 heteroatoms. The number of rotatable bonds is 4. The molecule has 0 aromatic heterocycles. The van der Waals surface area contributed by atoms with Crippen LogP contribution in [0.25, 0.3) is 0 Å². The minimum atomic E-state index is -2.94. The van der Waals surface area contributed by atoms with Crippen molar-refractivity contribution in [3.63, 3.8) is 0 Å². The van der Waals surface area contributed by atoms with Gasteiger partial charge in [0.05, 0.1) is 5.75 Å². The Kier molecular flexibility index (Phi) is 4.25. The van der Waals surface area contributed by atoms with Crippen LogP contribution in [0.3, 0.4) is 0 Å². The highest BCUT2D eigenvalue weighted by Gasteiger charge is 2.02. The Labute approximate surface area is 99.3 Å². The molecule has 0 heterocycles. The summed E-state index contributed by atoms with van der Waals surface area (Å²) in [7, 11) is -2.94. The van der Waals surface area contributed by atoms with Gasteiger partial charge in [0.2, 0.25) is 0 Å². The lowest BCUT2D eigenvalue weighted by Crippen LogP contribution is -2.13. The fourth-order valence-corrected chi connectivity index (χ4v) is 2.04. The molecular formula is C9H11Cl2NO2S. The Balaban J connectivity index is 2.58. The number of anilines is 1. The molecule has 0 saturated heterocycles. The molecule has 84 valence electrons. The molecule has 1 aromatic rings. The zero-order valence-electron chi connectivity index (χ0n) is 8.13. The first kappa shape index (κ1) is 12.6. The molecule has 1 aromatic carbocycles. The van der Waals surface area contributed by atoms with E-state index in [1.54, 1.807) is 18.2 Å². The van der Waals surface area contributed by atoms with E-state index in [0.717, 1.165) is 5.69 Å². The molecule has 0 atom stereocenters. The first-order valence-electron chi connectivity index (χ1n) is 4.24. The fraction of sp³-hybridized carbons (Fsp3) is 0.333. The highest BCUT2D eigenvalue weighted by molar-refractivity contribution is 7.90. The summed E-state index contributed by atoms with van der Waals surface area (Å²) in [6.07, 6.45) is 1.19. The monoisotopic (exact) mass is 267 g/mol. The van der Waals surface area contributed by atoms with Crippen LogP contribution in [0.4, 0.5) is 5.69 Å². The van der Waals surface area contributed by atoms with E-state index in [1.165, 1.54) is 6.26 Å². The number of benzene rings is 1. The van der Waals surface area contributed by atoms with Crippen LogP contribution >= 0.6 is 23.2 Å². The number of nitrogens with one attached hydrogen (secondary N) is 1. The van der Waals surface area contributed by atoms with Crippen molar-refractivity contribution >= 4 is 38.7 Å². The standard InChI is InChI=1S/C9H11Cl2NO2S/c1-15(13,14)3-2-12-9-5-7(10)4-8(11)6-9/h4-6,12H,2-3H2,1H3. The van der Waals surface area contributed by atoms with Crippen molar-refractivity contribution in [3.8, 4) is 0 Å². The first-order valence-corrected chi connectivity index (χ1v) is 7.06. The van der Waals surface area contributed by atoms with Crippen LogP contribution in [0.5, 0.6) is 0 Å². The van der Waals surface area contributed by atoms with Crippen molar-refractivity contribution in [1.29, 1.82) is 0 Å². The highest BCUT2D eigenvalue weighted by Crippen LogP contribution is 2.22. The quantitative estimate of drug-likeness (QED) is 0.912. The van der Waals surface area contributed by atoms with E-state index < -0.39 is 9.84 Å². The van der Waals surface area contributed by atoms with Crippen molar-refractivity contribution in [2.45, 2.75) is 0 Å². The summed E-state index contributed by atoms with van der Waals surface area (Å²) >= 11 is 11.6. The molecule has 0 amide bonds. The Morgan fingerprint density at radius 1 is 1.20 bits per heavy atom. The van der Waals surface area contributed by atoms with E-state index in [1.807, 2.05) is 0 Å². The molecular weight excluding hydrogens is 257 g/mol.